The van der Waals surface area contributed by atoms with Gasteiger partial charge in [-0.15, -0.1) is 0 Å². The van der Waals surface area contributed by atoms with Gasteiger partial charge in [0.15, 0.2) is 0 Å². The summed E-state index contributed by atoms with van der Waals surface area (Å²) >= 11 is 18.2. The number of benzene rings is 3. The van der Waals surface area contributed by atoms with Gasteiger partial charge in [-0.05, 0) is 74.4 Å². The Bertz CT molecular complexity index is 1400. The van der Waals surface area contributed by atoms with Crippen molar-refractivity contribution in [2.45, 2.75) is 50.7 Å². The van der Waals surface area contributed by atoms with Gasteiger partial charge in [-0.2, -0.15) is 0 Å². The molecule has 0 fully saturated rings. The zero-order valence-electron chi connectivity index (χ0n) is 21.8. The van der Waals surface area contributed by atoms with E-state index in [9.17, 15) is 18.0 Å². The van der Waals surface area contributed by atoms with Crippen molar-refractivity contribution in [2.24, 2.45) is 0 Å². The van der Waals surface area contributed by atoms with Crippen LogP contribution in [0.2, 0.25) is 15.1 Å². The molecule has 11 heteroatoms. The van der Waals surface area contributed by atoms with E-state index in [0.717, 1.165) is 4.31 Å². The van der Waals surface area contributed by atoms with E-state index in [-0.39, 0.29) is 23.4 Å². The van der Waals surface area contributed by atoms with Gasteiger partial charge >= 0.3 is 0 Å². The van der Waals surface area contributed by atoms with Gasteiger partial charge in [0, 0.05) is 17.6 Å². The maximum atomic E-state index is 13.9. The maximum Gasteiger partial charge on any atom is 0.264 e. The third kappa shape index (κ3) is 7.88. The highest BCUT2D eigenvalue weighted by molar-refractivity contribution is 7.92. The zero-order chi connectivity index (χ0) is 28.7. The van der Waals surface area contributed by atoms with E-state index in [0.29, 0.717) is 32.7 Å². The average Bonchev–Trinajstić information content (AvgIpc) is 2.92. The standard InChI is InChI=1S/C28H30Cl3N3O4S/c1-4-19(2)32-28(36)20(3)33(17-21-10-15-25(30)26(31)16-21)27(35)18-34(23-8-6-5-7-9-23)39(37,38)24-13-11-22(29)12-14-24/h5-16,19-20H,4,17-18H2,1-3H3,(H,32,36)/t19-,20+/m1/s1. The topological polar surface area (TPSA) is 86.8 Å². The molecular weight excluding hydrogens is 581 g/mol. The lowest BCUT2D eigenvalue weighted by molar-refractivity contribution is -0.139. The Labute approximate surface area is 244 Å². The first kappa shape index (κ1) is 30.8. The summed E-state index contributed by atoms with van der Waals surface area (Å²) in [5, 5.41) is 3.93. The molecule has 3 aromatic rings. The number of amides is 2. The van der Waals surface area contributed by atoms with Crippen LogP contribution in [-0.2, 0) is 26.2 Å². The van der Waals surface area contributed by atoms with Crippen molar-refractivity contribution in [1.82, 2.24) is 10.2 Å². The van der Waals surface area contributed by atoms with Gasteiger partial charge in [0.1, 0.15) is 12.6 Å². The molecule has 3 rings (SSSR count). The summed E-state index contributed by atoms with van der Waals surface area (Å²) < 4.78 is 28.5. The molecule has 0 radical (unpaired) electrons. The summed E-state index contributed by atoms with van der Waals surface area (Å²) in [5.74, 6) is -0.932. The van der Waals surface area contributed by atoms with Crippen molar-refractivity contribution in [3.63, 3.8) is 0 Å². The summed E-state index contributed by atoms with van der Waals surface area (Å²) in [6.45, 7) is 4.87. The number of anilines is 1. The number of nitrogens with one attached hydrogen (secondary N) is 1. The third-order valence-corrected chi connectivity index (χ3v) is 9.01. The molecule has 0 saturated heterocycles. The van der Waals surface area contributed by atoms with Crippen LogP contribution in [0.15, 0.2) is 77.7 Å². The summed E-state index contributed by atoms with van der Waals surface area (Å²) in [6, 6.07) is 17.9. The molecular formula is C28H30Cl3N3O4S. The lowest BCUT2D eigenvalue weighted by atomic mass is 10.1. The first-order chi connectivity index (χ1) is 18.4. The van der Waals surface area contributed by atoms with E-state index in [4.69, 9.17) is 34.8 Å². The van der Waals surface area contributed by atoms with E-state index in [1.807, 2.05) is 13.8 Å². The van der Waals surface area contributed by atoms with Gasteiger partial charge in [-0.25, -0.2) is 8.42 Å². The number of carbonyl (C=O) groups is 2. The second-order valence-electron chi connectivity index (χ2n) is 9.07. The molecule has 39 heavy (non-hydrogen) atoms. The van der Waals surface area contributed by atoms with Gasteiger partial charge < -0.3 is 10.2 Å². The lowest BCUT2D eigenvalue weighted by Gasteiger charge is -2.32. The lowest BCUT2D eigenvalue weighted by Crippen LogP contribution is -2.52. The van der Waals surface area contributed by atoms with E-state index in [1.54, 1.807) is 55.5 Å². The van der Waals surface area contributed by atoms with Crippen LogP contribution in [0.3, 0.4) is 0 Å². The number of para-hydroxylation sites is 1. The molecule has 0 aliphatic carbocycles. The van der Waals surface area contributed by atoms with Crippen LogP contribution in [-0.4, -0.2) is 43.8 Å². The molecule has 0 bridgehead atoms. The molecule has 2 amide bonds. The summed E-state index contributed by atoms with van der Waals surface area (Å²) in [5.41, 5.74) is 0.930. The van der Waals surface area contributed by atoms with Crippen molar-refractivity contribution in [2.75, 3.05) is 10.8 Å². The van der Waals surface area contributed by atoms with Gasteiger partial charge in [0.25, 0.3) is 10.0 Å². The quantitative estimate of drug-likeness (QED) is 0.281. The molecule has 0 aliphatic rings. The van der Waals surface area contributed by atoms with Crippen LogP contribution in [0.5, 0.6) is 0 Å². The molecule has 7 nitrogen and oxygen atoms in total. The second kappa shape index (κ2) is 13.5. The molecule has 0 heterocycles. The van der Waals surface area contributed by atoms with E-state index in [1.165, 1.54) is 29.2 Å². The molecule has 0 saturated carbocycles. The van der Waals surface area contributed by atoms with Crippen LogP contribution in [0.4, 0.5) is 5.69 Å². The Morgan fingerprint density at radius 2 is 1.54 bits per heavy atom. The number of sulfonamides is 1. The average molecular weight is 611 g/mol. The first-order valence-corrected chi connectivity index (χ1v) is 14.9. The predicted molar refractivity (Wildman–Crippen MR) is 157 cm³/mol. The van der Waals surface area contributed by atoms with Gasteiger partial charge in [-0.3, -0.25) is 13.9 Å². The smallest absolute Gasteiger partial charge is 0.264 e. The number of hydrogen-bond donors (Lipinski definition) is 1. The van der Waals surface area contributed by atoms with Gasteiger partial charge in [0.05, 0.1) is 20.6 Å². The fourth-order valence-corrected chi connectivity index (χ4v) is 5.60. The molecule has 0 spiro atoms. The minimum Gasteiger partial charge on any atom is -0.352 e. The van der Waals surface area contributed by atoms with Crippen LogP contribution >= 0.6 is 34.8 Å². The van der Waals surface area contributed by atoms with Crippen molar-refractivity contribution in [3.8, 4) is 0 Å². The van der Waals surface area contributed by atoms with Crippen molar-refractivity contribution >= 4 is 62.3 Å². The van der Waals surface area contributed by atoms with Crippen LogP contribution in [0.1, 0.15) is 32.8 Å². The number of carbonyl (C=O) groups excluding carboxylic acids is 2. The monoisotopic (exact) mass is 609 g/mol. The van der Waals surface area contributed by atoms with Crippen molar-refractivity contribution in [3.05, 3.63) is 93.4 Å². The summed E-state index contributed by atoms with van der Waals surface area (Å²) in [7, 11) is -4.17. The molecule has 208 valence electrons. The highest BCUT2D eigenvalue weighted by Gasteiger charge is 2.32. The SMILES string of the molecule is CC[C@@H](C)NC(=O)[C@H](C)N(Cc1ccc(Cl)c(Cl)c1)C(=O)CN(c1ccccc1)S(=O)(=O)c1ccc(Cl)cc1. The summed E-state index contributed by atoms with van der Waals surface area (Å²) in [6.07, 6.45) is 0.709. The van der Waals surface area contributed by atoms with Crippen molar-refractivity contribution in [1.29, 1.82) is 0 Å². The van der Waals surface area contributed by atoms with E-state index < -0.39 is 28.5 Å². The second-order valence-corrected chi connectivity index (χ2v) is 12.2. The molecule has 2 atom stereocenters. The first-order valence-electron chi connectivity index (χ1n) is 12.3. The number of hydrogen-bond acceptors (Lipinski definition) is 4. The van der Waals surface area contributed by atoms with E-state index in [2.05, 4.69) is 5.32 Å². The van der Waals surface area contributed by atoms with Crippen LogP contribution < -0.4 is 9.62 Å². The fourth-order valence-electron chi connectivity index (χ4n) is 3.74. The minimum absolute atomic E-state index is 0.00837. The molecule has 3 aromatic carbocycles. The van der Waals surface area contributed by atoms with Crippen molar-refractivity contribution < 1.29 is 18.0 Å². The van der Waals surface area contributed by atoms with E-state index >= 15 is 0 Å². The van der Waals surface area contributed by atoms with Crippen LogP contribution in [0, 0.1) is 0 Å². The number of nitrogens with zero attached hydrogens (tertiary/aromatic N) is 2. The minimum atomic E-state index is -4.17. The highest BCUT2D eigenvalue weighted by atomic mass is 35.5. The molecule has 0 aromatic heterocycles. The zero-order valence-corrected chi connectivity index (χ0v) is 24.9. The Morgan fingerprint density at radius 3 is 2.13 bits per heavy atom. The molecule has 1 N–H and O–H groups in total. The Hall–Kier alpha value is -2.78. The Balaban J connectivity index is 2.01. The highest BCUT2D eigenvalue weighted by Crippen LogP contribution is 2.27. The normalized spacial score (nSPS) is 12.9. The summed E-state index contributed by atoms with van der Waals surface area (Å²) in [4.78, 5) is 28.3. The molecule has 0 unspecified atom stereocenters. The predicted octanol–water partition coefficient (Wildman–Crippen LogP) is 6.17. The molecule has 0 aliphatic heterocycles. The Kier molecular flexibility index (Phi) is 10.7. The largest absolute Gasteiger partial charge is 0.352 e. The Morgan fingerprint density at radius 1 is 0.897 bits per heavy atom. The van der Waals surface area contributed by atoms with Crippen LogP contribution in [0.25, 0.3) is 0 Å². The van der Waals surface area contributed by atoms with Gasteiger partial charge in [-0.1, -0.05) is 66.0 Å². The maximum absolute atomic E-state index is 13.9. The third-order valence-electron chi connectivity index (χ3n) is 6.23. The number of rotatable bonds is 11. The van der Waals surface area contributed by atoms with Gasteiger partial charge in [0.2, 0.25) is 11.8 Å². The number of halogens is 3. The fraction of sp³-hybridized carbons (Fsp3) is 0.286.